The molecular weight excluding hydrogens is 527 g/mol. The predicted octanol–water partition coefficient (Wildman–Crippen LogP) is 8.97. The Morgan fingerprint density at radius 3 is 0.725 bits per heavy atom. The molecule has 0 heterocycles. The molecule has 0 aromatic heterocycles. The quantitative estimate of drug-likeness (QED) is 0.0322. The van der Waals surface area contributed by atoms with Gasteiger partial charge in [-0.1, -0.05) is 206 Å². The fourth-order valence-corrected chi connectivity index (χ4v) is 5.96. The number of hydrogen-bond acceptors (Lipinski definition) is 4. The van der Waals surface area contributed by atoms with Crippen molar-refractivity contribution in [1.29, 1.82) is 0 Å². The summed E-state index contributed by atoms with van der Waals surface area (Å²) in [4.78, 5) is 0. The SMILES string of the molecule is CCCCCCCCCCCCCCCCCCCCCCCCCCCCCCCCCCOS(=O)(=O)[O-].[Na+]. The molecule has 0 bridgehead atoms. The summed E-state index contributed by atoms with van der Waals surface area (Å²) in [6.07, 6.45) is 43.9. The maximum absolute atomic E-state index is 10.3. The molecule has 0 fully saturated rings. The summed E-state index contributed by atoms with van der Waals surface area (Å²) in [6.45, 7) is 2.33. The van der Waals surface area contributed by atoms with Gasteiger partial charge in [-0.25, -0.2) is 8.42 Å². The minimum atomic E-state index is -4.51. The molecule has 0 aromatic carbocycles. The second kappa shape index (κ2) is 36.1. The first-order valence-electron chi connectivity index (χ1n) is 17.7. The molecule has 0 atom stereocenters. The van der Waals surface area contributed by atoms with Crippen LogP contribution in [-0.4, -0.2) is 19.6 Å². The summed E-state index contributed by atoms with van der Waals surface area (Å²) >= 11 is 0. The van der Waals surface area contributed by atoms with Gasteiger partial charge in [-0.3, -0.25) is 4.18 Å². The normalized spacial score (nSPS) is 11.7. The average Bonchev–Trinajstić information content (AvgIpc) is 2.90. The van der Waals surface area contributed by atoms with Crippen molar-refractivity contribution in [2.45, 2.75) is 212 Å². The van der Waals surface area contributed by atoms with E-state index in [4.69, 9.17) is 0 Å². The fraction of sp³-hybridized carbons (Fsp3) is 1.00. The van der Waals surface area contributed by atoms with Crippen LogP contribution in [0.25, 0.3) is 0 Å². The zero-order chi connectivity index (χ0) is 28.5. The van der Waals surface area contributed by atoms with Crippen molar-refractivity contribution in [1.82, 2.24) is 0 Å². The van der Waals surface area contributed by atoms with Crippen molar-refractivity contribution in [2.75, 3.05) is 6.61 Å². The van der Waals surface area contributed by atoms with E-state index in [1.54, 1.807) is 0 Å². The summed E-state index contributed by atoms with van der Waals surface area (Å²) in [5.74, 6) is 0. The third kappa shape index (κ3) is 41.0. The van der Waals surface area contributed by atoms with Gasteiger partial charge in [0.1, 0.15) is 0 Å². The van der Waals surface area contributed by atoms with E-state index in [2.05, 4.69) is 11.1 Å². The summed E-state index contributed by atoms with van der Waals surface area (Å²) in [5.41, 5.74) is 0. The van der Waals surface area contributed by atoms with Crippen LogP contribution in [0.4, 0.5) is 0 Å². The molecule has 0 radical (unpaired) electrons. The Bertz CT molecular complexity index is 556. The zero-order valence-corrected chi connectivity index (χ0v) is 30.2. The Hall–Kier alpha value is 0.870. The van der Waals surface area contributed by atoms with Crippen molar-refractivity contribution in [2.24, 2.45) is 0 Å². The van der Waals surface area contributed by atoms with E-state index in [9.17, 15) is 13.0 Å². The number of unbranched alkanes of at least 4 members (excludes halogenated alkanes) is 31. The first-order valence-corrected chi connectivity index (χ1v) is 19.0. The van der Waals surface area contributed by atoms with Crippen molar-refractivity contribution < 1.29 is 46.7 Å². The molecule has 0 N–H and O–H groups in total. The largest absolute Gasteiger partial charge is 1.00 e. The molecule has 0 unspecified atom stereocenters. The van der Waals surface area contributed by atoms with Gasteiger partial charge in [-0.15, -0.1) is 0 Å². The van der Waals surface area contributed by atoms with Gasteiger partial charge in [-0.05, 0) is 6.42 Å². The first kappa shape index (κ1) is 43.0. The van der Waals surface area contributed by atoms with E-state index < -0.39 is 10.4 Å². The van der Waals surface area contributed by atoms with E-state index >= 15 is 0 Å². The zero-order valence-electron chi connectivity index (χ0n) is 27.4. The Morgan fingerprint density at radius 1 is 0.375 bits per heavy atom. The monoisotopic (exact) mass is 596 g/mol. The molecule has 0 saturated carbocycles. The standard InChI is InChI=1S/C34H70O4S.Na/c1-2-3-4-5-6-7-8-9-10-11-12-13-14-15-16-17-18-19-20-21-22-23-24-25-26-27-28-29-30-31-32-33-34-38-39(35,36)37;/h2-34H2,1H3,(H,35,36,37);/q;+1/p-1. The maximum atomic E-state index is 10.3. The third-order valence-corrected chi connectivity index (χ3v) is 8.68. The van der Waals surface area contributed by atoms with Crippen LogP contribution in [-0.2, 0) is 14.6 Å². The Labute approximate surface area is 274 Å². The van der Waals surface area contributed by atoms with Crippen LogP contribution in [0.15, 0.2) is 0 Å². The van der Waals surface area contributed by atoms with Crippen LogP contribution in [0.5, 0.6) is 0 Å². The Morgan fingerprint density at radius 2 is 0.550 bits per heavy atom. The van der Waals surface area contributed by atoms with Crippen LogP contribution >= 0.6 is 0 Å². The Balaban J connectivity index is 0. The van der Waals surface area contributed by atoms with Crippen molar-refractivity contribution in [3.05, 3.63) is 0 Å². The summed E-state index contributed by atoms with van der Waals surface area (Å²) in [6, 6.07) is 0. The van der Waals surface area contributed by atoms with Crippen LogP contribution < -0.4 is 29.6 Å². The van der Waals surface area contributed by atoms with E-state index in [1.165, 1.54) is 186 Å². The number of hydrogen-bond donors (Lipinski definition) is 0. The molecule has 4 nitrogen and oxygen atoms in total. The van der Waals surface area contributed by atoms with Crippen LogP contribution in [0.3, 0.4) is 0 Å². The molecule has 0 amide bonds. The van der Waals surface area contributed by atoms with Gasteiger partial charge < -0.3 is 4.55 Å². The van der Waals surface area contributed by atoms with Crippen LogP contribution in [0.2, 0.25) is 0 Å². The predicted molar refractivity (Wildman–Crippen MR) is 169 cm³/mol. The molecule has 0 spiro atoms. The number of rotatable bonds is 34. The van der Waals surface area contributed by atoms with Gasteiger partial charge in [0.15, 0.2) is 0 Å². The molecule has 0 saturated heterocycles. The van der Waals surface area contributed by atoms with Crippen LogP contribution in [0, 0.1) is 0 Å². The van der Waals surface area contributed by atoms with Crippen LogP contribution in [0.1, 0.15) is 212 Å². The minimum absolute atomic E-state index is 0. The molecule has 0 aromatic rings. The summed E-state index contributed by atoms with van der Waals surface area (Å²) < 4.78 is 35.2. The molecule has 0 aliphatic rings. The molecular formula is C34H69NaO4S. The van der Waals surface area contributed by atoms with Gasteiger partial charge in [0.05, 0.1) is 6.61 Å². The molecule has 0 aliphatic carbocycles. The van der Waals surface area contributed by atoms with Gasteiger partial charge in [0, 0.05) is 0 Å². The Kier molecular flexibility index (Phi) is 38.8. The van der Waals surface area contributed by atoms with Gasteiger partial charge >= 0.3 is 29.6 Å². The molecule has 0 rings (SSSR count). The van der Waals surface area contributed by atoms with Crippen molar-refractivity contribution >= 4 is 10.4 Å². The second-order valence-corrected chi connectivity index (χ2v) is 13.2. The van der Waals surface area contributed by atoms with E-state index in [0.717, 1.165) is 12.8 Å². The minimum Gasteiger partial charge on any atom is -0.726 e. The third-order valence-electron chi connectivity index (χ3n) is 8.23. The summed E-state index contributed by atoms with van der Waals surface area (Å²) in [7, 11) is -4.51. The van der Waals surface area contributed by atoms with Gasteiger partial charge in [0.2, 0.25) is 10.4 Å². The molecule has 236 valence electrons. The average molecular weight is 597 g/mol. The van der Waals surface area contributed by atoms with Gasteiger partial charge in [0.25, 0.3) is 0 Å². The first-order chi connectivity index (χ1) is 19.1. The second-order valence-electron chi connectivity index (χ2n) is 12.2. The van der Waals surface area contributed by atoms with Gasteiger partial charge in [-0.2, -0.15) is 0 Å². The molecule has 0 aliphatic heterocycles. The smallest absolute Gasteiger partial charge is 0.726 e. The summed E-state index contributed by atoms with van der Waals surface area (Å²) in [5, 5.41) is 0. The van der Waals surface area contributed by atoms with Crippen molar-refractivity contribution in [3.8, 4) is 0 Å². The van der Waals surface area contributed by atoms with E-state index in [0.29, 0.717) is 6.42 Å². The molecule has 6 heteroatoms. The fourth-order valence-electron chi connectivity index (χ4n) is 5.64. The van der Waals surface area contributed by atoms with Crippen molar-refractivity contribution in [3.63, 3.8) is 0 Å². The van der Waals surface area contributed by atoms with E-state index in [1.807, 2.05) is 0 Å². The molecule has 40 heavy (non-hydrogen) atoms. The topological polar surface area (TPSA) is 66.4 Å². The van der Waals surface area contributed by atoms with E-state index in [-0.39, 0.29) is 36.2 Å². The maximum Gasteiger partial charge on any atom is 1.00 e.